The van der Waals surface area contributed by atoms with Crippen LogP contribution in [0.5, 0.6) is 0 Å². The zero-order valence-corrected chi connectivity index (χ0v) is 14.9. The number of benzene rings is 2. The topological polar surface area (TPSA) is 112 Å². The third kappa shape index (κ3) is 4.34. The second-order valence-electron chi connectivity index (χ2n) is 5.55. The van der Waals surface area contributed by atoms with Crippen LogP contribution >= 0.6 is 0 Å². The Morgan fingerprint density at radius 1 is 1.04 bits per heavy atom. The first-order chi connectivity index (χ1) is 13.0. The molecule has 2 N–H and O–H groups in total. The third-order valence-corrected chi connectivity index (χ3v) is 5.10. The molecule has 136 valence electrons. The van der Waals surface area contributed by atoms with E-state index in [9.17, 15) is 13.2 Å². The number of hydrogen-bond acceptors (Lipinski definition) is 5. The maximum atomic E-state index is 12.5. The molecule has 0 bridgehead atoms. The molecule has 2 aromatic carbocycles. The van der Waals surface area contributed by atoms with Crippen molar-refractivity contribution < 1.29 is 17.6 Å². The summed E-state index contributed by atoms with van der Waals surface area (Å²) in [4.78, 5) is 12.1. The number of nitrogens with one attached hydrogen (secondary N) is 2. The fourth-order valence-electron chi connectivity index (χ4n) is 2.34. The molecule has 3 aromatic rings. The van der Waals surface area contributed by atoms with E-state index in [-0.39, 0.29) is 28.6 Å². The maximum Gasteiger partial charge on any atom is 0.261 e. The Hall–Kier alpha value is -3.57. The van der Waals surface area contributed by atoms with Gasteiger partial charge in [0.25, 0.3) is 15.9 Å². The first-order valence-corrected chi connectivity index (χ1v) is 9.40. The van der Waals surface area contributed by atoms with Gasteiger partial charge >= 0.3 is 0 Å². The molecule has 0 fully saturated rings. The summed E-state index contributed by atoms with van der Waals surface area (Å²) in [6, 6.07) is 17.2. The van der Waals surface area contributed by atoms with Gasteiger partial charge in [-0.25, -0.2) is 8.42 Å². The number of carbonyl (C=O) groups is 1. The number of anilines is 1. The van der Waals surface area contributed by atoms with Crippen LogP contribution in [0.4, 0.5) is 5.69 Å². The average Bonchev–Trinajstić information content (AvgIpc) is 3.20. The average molecular weight is 381 g/mol. The van der Waals surface area contributed by atoms with E-state index in [1.165, 1.54) is 42.7 Å². The van der Waals surface area contributed by atoms with Gasteiger partial charge in [0.1, 0.15) is 11.8 Å². The van der Waals surface area contributed by atoms with Crippen LogP contribution in [0.25, 0.3) is 0 Å². The smallest absolute Gasteiger partial charge is 0.261 e. The SMILES string of the molecule is N#Cc1ccccc1NS(=O)(=O)c1ccc(C(=O)NCc2ccco2)cc1. The highest BCUT2D eigenvalue weighted by Gasteiger charge is 2.17. The fraction of sp³-hybridized carbons (Fsp3) is 0.0526. The van der Waals surface area contributed by atoms with Crippen molar-refractivity contribution in [2.24, 2.45) is 0 Å². The van der Waals surface area contributed by atoms with Gasteiger partial charge < -0.3 is 9.73 Å². The Balaban J connectivity index is 1.72. The zero-order valence-electron chi connectivity index (χ0n) is 14.0. The molecule has 0 aliphatic heterocycles. The predicted molar refractivity (Wildman–Crippen MR) is 98.3 cm³/mol. The fourth-order valence-corrected chi connectivity index (χ4v) is 3.42. The Morgan fingerprint density at radius 2 is 1.78 bits per heavy atom. The molecule has 1 aromatic heterocycles. The highest BCUT2D eigenvalue weighted by atomic mass is 32.2. The maximum absolute atomic E-state index is 12.5. The Kier molecular flexibility index (Phi) is 5.24. The van der Waals surface area contributed by atoms with Crippen molar-refractivity contribution in [2.75, 3.05) is 4.72 Å². The Bertz CT molecular complexity index is 1080. The molecule has 0 spiro atoms. The number of nitriles is 1. The van der Waals surface area contributed by atoms with Crippen molar-refractivity contribution in [2.45, 2.75) is 11.4 Å². The molecule has 3 rings (SSSR count). The van der Waals surface area contributed by atoms with E-state index in [1.54, 1.807) is 24.3 Å². The van der Waals surface area contributed by atoms with E-state index in [0.29, 0.717) is 11.3 Å². The van der Waals surface area contributed by atoms with Crippen LogP contribution in [0.3, 0.4) is 0 Å². The van der Waals surface area contributed by atoms with Crippen LogP contribution < -0.4 is 10.0 Å². The van der Waals surface area contributed by atoms with Gasteiger partial charge in [-0.2, -0.15) is 5.26 Å². The van der Waals surface area contributed by atoms with Crippen LogP contribution in [0.2, 0.25) is 0 Å². The van der Waals surface area contributed by atoms with Crippen LogP contribution in [-0.2, 0) is 16.6 Å². The number of nitrogens with zero attached hydrogens (tertiary/aromatic N) is 1. The molecule has 1 heterocycles. The number of amides is 1. The summed E-state index contributed by atoms with van der Waals surface area (Å²) in [6.45, 7) is 0.235. The molecule has 0 aliphatic carbocycles. The first-order valence-electron chi connectivity index (χ1n) is 7.92. The molecular weight excluding hydrogens is 366 g/mol. The number of rotatable bonds is 6. The summed E-state index contributed by atoms with van der Waals surface area (Å²) >= 11 is 0. The lowest BCUT2D eigenvalue weighted by Crippen LogP contribution is -2.22. The van der Waals surface area contributed by atoms with Gasteiger partial charge in [-0.1, -0.05) is 12.1 Å². The van der Waals surface area contributed by atoms with Gasteiger partial charge in [0.05, 0.1) is 29.0 Å². The number of furan rings is 1. The third-order valence-electron chi connectivity index (χ3n) is 3.72. The predicted octanol–water partition coefficient (Wildman–Crippen LogP) is 2.88. The minimum Gasteiger partial charge on any atom is -0.467 e. The van der Waals surface area contributed by atoms with Gasteiger partial charge in [-0.05, 0) is 48.5 Å². The summed E-state index contributed by atoms with van der Waals surface area (Å²) in [5.74, 6) is 0.265. The minimum atomic E-state index is -3.88. The van der Waals surface area contributed by atoms with Gasteiger partial charge in [0.15, 0.2) is 0 Å². The van der Waals surface area contributed by atoms with Crippen molar-refractivity contribution in [3.63, 3.8) is 0 Å². The van der Waals surface area contributed by atoms with Crippen molar-refractivity contribution in [1.29, 1.82) is 5.26 Å². The number of carbonyl (C=O) groups excluding carboxylic acids is 1. The van der Waals surface area contributed by atoms with Crippen molar-refractivity contribution in [3.8, 4) is 6.07 Å². The zero-order chi connectivity index (χ0) is 19.3. The molecule has 0 radical (unpaired) electrons. The minimum absolute atomic E-state index is 0.0159. The summed E-state index contributed by atoms with van der Waals surface area (Å²) in [6.07, 6.45) is 1.51. The Labute approximate surface area is 156 Å². The normalized spacial score (nSPS) is 10.8. The highest BCUT2D eigenvalue weighted by molar-refractivity contribution is 7.92. The van der Waals surface area contributed by atoms with E-state index in [0.717, 1.165) is 0 Å². The van der Waals surface area contributed by atoms with Crippen molar-refractivity contribution in [3.05, 3.63) is 83.8 Å². The number of sulfonamides is 1. The number of hydrogen-bond donors (Lipinski definition) is 2. The lowest BCUT2D eigenvalue weighted by atomic mass is 10.2. The summed E-state index contributed by atoms with van der Waals surface area (Å²) < 4.78 is 32.5. The molecule has 0 aliphatic rings. The summed E-state index contributed by atoms with van der Waals surface area (Å²) in [7, 11) is -3.88. The lowest BCUT2D eigenvalue weighted by molar-refractivity contribution is 0.0948. The standard InChI is InChI=1S/C19H15N3O4S/c20-12-15-4-1-2-6-18(15)22-27(24,25)17-9-7-14(8-10-17)19(23)21-13-16-5-3-11-26-16/h1-11,22H,13H2,(H,21,23). The molecule has 7 nitrogen and oxygen atoms in total. The van der Waals surface area contributed by atoms with Crippen molar-refractivity contribution in [1.82, 2.24) is 5.32 Å². The van der Waals surface area contributed by atoms with Crippen LogP contribution in [-0.4, -0.2) is 14.3 Å². The van der Waals surface area contributed by atoms with E-state index >= 15 is 0 Å². The van der Waals surface area contributed by atoms with Gasteiger partial charge in [0, 0.05) is 5.56 Å². The molecule has 0 saturated heterocycles. The quantitative estimate of drug-likeness (QED) is 0.682. The number of para-hydroxylation sites is 1. The van der Waals surface area contributed by atoms with E-state index in [1.807, 2.05) is 6.07 Å². The lowest BCUT2D eigenvalue weighted by Gasteiger charge is -2.10. The van der Waals surface area contributed by atoms with Gasteiger partial charge in [-0.3, -0.25) is 9.52 Å². The molecule has 0 saturated carbocycles. The molecule has 0 unspecified atom stereocenters. The van der Waals surface area contributed by atoms with Crippen LogP contribution in [0, 0.1) is 11.3 Å². The second kappa shape index (κ2) is 7.76. The molecule has 27 heavy (non-hydrogen) atoms. The van der Waals surface area contributed by atoms with E-state index < -0.39 is 10.0 Å². The first kappa shape index (κ1) is 18.2. The molecule has 8 heteroatoms. The molecule has 0 atom stereocenters. The largest absolute Gasteiger partial charge is 0.467 e. The van der Waals surface area contributed by atoms with Crippen molar-refractivity contribution >= 4 is 21.6 Å². The molecular formula is C19H15N3O4S. The van der Waals surface area contributed by atoms with Crippen LogP contribution in [0.15, 0.2) is 76.2 Å². The summed E-state index contributed by atoms with van der Waals surface area (Å²) in [5.41, 5.74) is 0.730. The van der Waals surface area contributed by atoms with Gasteiger partial charge in [0.2, 0.25) is 0 Å². The summed E-state index contributed by atoms with van der Waals surface area (Å²) in [5, 5.41) is 11.7. The Morgan fingerprint density at radius 3 is 2.44 bits per heavy atom. The van der Waals surface area contributed by atoms with E-state index in [2.05, 4.69) is 10.0 Å². The van der Waals surface area contributed by atoms with Gasteiger partial charge in [-0.15, -0.1) is 0 Å². The van der Waals surface area contributed by atoms with E-state index in [4.69, 9.17) is 9.68 Å². The van der Waals surface area contributed by atoms with Crippen LogP contribution in [0.1, 0.15) is 21.7 Å². The monoisotopic (exact) mass is 381 g/mol. The molecule has 1 amide bonds. The second-order valence-corrected chi connectivity index (χ2v) is 7.23. The highest BCUT2D eigenvalue weighted by Crippen LogP contribution is 2.19.